The summed E-state index contributed by atoms with van der Waals surface area (Å²) in [5, 5.41) is 24.9. The molecular formula is C23H32N6O3S. The van der Waals surface area contributed by atoms with E-state index in [2.05, 4.69) is 20.6 Å². The van der Waals surface area contributed by atoms with E-state index in [1.807, 2.05) is 32.3 Å². The fraction of sp³-hybridized carbons (Fsp3) is 0.696. The van der Waals surface area contributed by atoms with Crippen LogP contribution >= 0.6 is 11.3 Å². The second kappa shape index (κ2) is 8.47. The van der Waals surface area contributed by atoms with Crippen LogP contribution in [0.3, 0.4) is 0 Å². The number of aromatic nitrogens is 4. The monoisotopic (exact) mass is 472 g/mol. The van der Waals surface area contributed by atoms with Crippen LogP contribution in [0.25, 0.3) is 0 Å². The van der Waals surface area contributed by atoms with Crippen molar-refractivity contribution in [2.75, 3.05) is 6.54 Å². The molecule has 1 aliphatic heterocycles. The number of aliphatic hydroxyl groups is 1. The predicted octanol–water partition coefficient (Wildman–Crippen LogP) is 2.35. The highest BCUT2D eigenvalue weighted by Crippen LogP contribution is 2.42. The summed E-state index contributed by atoms with van der Waals surface area (Å²) in [6.07, 6.45) is 5.96. The number of thiazole rings is 1. The number of likely N-dealkylation sites (tertiary alicyclic amines) is 1. The van der Waals surface area contributed by atoms with Gasteiger partial charge in [0.15, 0.2) is 0 Å². The Hall–Kier alpha value is -2.33. The third kappa shape index (κ3) is 4.82. The molecule has 2 saturated carbocycles. The molecule has 0 radical (unpaired) electrons. The third-order valence-electron chi connectivity index (χ3n) is 6.65. The molecule has 0 spiro atoms. The Morgan fingerprint density at radius 2 is 1.97 bits per heavy atom. The number of rotatable bonds is 7. The quantitative estimate of drug-likeness (QED) is 0.640. The molecule has 2 N–H and O–H groups in total. The second-order valence-electron chi connectivity index (χ2n) is 10.7. The van der Waals surface area contributed by atoms with Gasteiger partial charge in [0.05, 0.1) is 29.0 Å². The van der Waals surface area contributed by atoms with Crippen LogP contribution in [0.2, 0.25) is 0 Å². The number of carbonyl (C=O) groups is 2. The molecule has 10 heteroatoms. The van der Waals surface area contributed by atoms with Gasteiger partial charge >= 0.3 is 0 Å². The van der Waals surface area contributed by atoms with Crippen LogP contribution in [-0.2, 0) is 16.1 Å². The number of nitrogens with one attached hydrogen (secondary N) is 1. The summed E-state index contributed by atoms with van der Waals surface area (Å²) in [4.78, 5) is 32.9. The summed E-state index contributed by atoms with van der Waals surface area (Å²) in [6.45, 7) is 6.41. The Kier molecular flexibility index (Phi) is 5.76. The number of amides is 2. The molecule has 1 saturated heterocycles. The van der Waals surface area contributed by atoms with E-state index in [0.717, 1.165) is 29.2 Å². The van der Waals surface area contributed by atoms with Crippen LogP contribution in [0.1, 0.15) is 87.1 Å². The molecule has 0 aromatic carbocycles. The molecule has 3 aliphatic rings. The van der Waals surface area contributed by atoms with Crippen molar-refractivity contribution >= 4 is 23.2 Å². The Balaban J connectivity index is 1.30. The molecule has 33 heavy (non-hydrogen) atoms. The second-order valence-corrected chi connectivity index (χ2v) is 11.6. The zero-order valence-electron chi connectivity index (χ0n) is 19.4. The van der Waals surface area contributed by atoms with Gasteiger partial charge in [0.1, 0.15) is 12.1 Å². The number of β-amino-alcohol motifs (C(OH)–C–C–N with tert-alkyl or cyclic N) is 1. The number of aliphatic hydroxyl groups excluding tert-OH is 1. The fourth-order valence-corrected chi connectivity index (χ4v) is 5.53. The van der Waals surface area contributed by atoms with Gasteiger partial charge in [-0.25, -0.2) is 9.67 Å². The Labute approximate surface area is 197 Å². The molecule has 3 heterocycles. The van der Waals surface area contributed by atoms with Crippen LogP contribution < -0.4 is 5.32 Å². The molecule has 3 fully saturated rings. The van der Waals surface area contributed by atoms with Crippen molar-refractivity contribution in [3.63, 3.8) is 0 Å². The summed E-state index contributed by atoms with van der Waals surface area (Å²) < 4.78 is 1.64. The number of carbonyl (C=O) groups excluding carboxylic acids is 2. The van der Waals surface area contributed by atoms with E-state index >= 15 is 0 Å². The Bertz CT molecular complexity index is 1040. The van der Waals surface area contributed by atoms with Crippen molar-refractivity contribution in [2.45, 2.75) is 89.4 Å². The first-order valence-corrected chi connectivity index (χ1v) is 12.7. The van der Waals surface area contributed by atoms with Crippen molar-refractivity contribution in [2.24, 2.45) is 5.41 Å². The molecule has 9 nitrogen and oxygen atoms in total. The van der Waals surface area contributed by atoms with Gasteiger partial charge in [-0.2, -0.15) is 0 Å². The van der Waals surface area contributed by atoms with Crippen molar-refractivity contribution in [1.82, 2.24) is 30.2 Å². The van der Waals surface area contributed by atoms with E-state index in [1.165, 1.54) is 17.7 Å². The van der Waals surface area contributed by atoms with Gasteiger partial charge in [-0.1, -0.05) is 26.0 Å². The summed E-state index contributed by atoms with van der Waals surface area (Å²) >= 11 is 1.64. The maximum atomic E-state index is 13.7. The SMILES string of the molecule is CC(C)(C)[C@@H](C(=O)N1CC(O)CC1C(=O)NCc1csc(C2CC2)n1)n1cc(C2CC2)nn1. The smallest absolute Gasteiger partial charge is 0.248 e. The van der Waals surface area contributed by atoms with Gasteiger partial charge in [-0.3, -0.25) is 9.59 Å². The molecule has 2 aliphatic carbocycles. The van der Waals surface area contributed by atoms with E-state index in [1.54, 1.807) is 16.0 Å². The lowest BCUT2D eigenvalue weighted by atomic mass is 9.85. The Morgan fingerprint density at radius 1 is 1.24 bits per heavy atom. The molecule has 5 rings (SSSR count). The normalized spacial score (nSPS) is 24.2. The minimum atomic E-state index is -0.733. The summed E-state index contributed by atoms with van der Waals surface area (Å²) in [7, 11) is 0. The summed E-state index contributed by atoms with van der Waals surface area (Å²) in [5.74, 6) is 0.554. The highest BCUT2D eigenvalue weighted by molar-refractivity contribution is 7.09. The fourth-order valence-electron chi connectivity index (χ4n) is 4.54. The molecule has 178 valence electrons. The summed E-state index contributed by atoms with van der Waals surface area (Å²) in [5.41, 5.74) is 1.32. The standard InChI is InChI=1S/C23H32N6O3S/c1-23(2,3)19(29-11-17(26-27-29)13-4-5-13)22(32)28-10-16(30)8-18(28)20(31)24-9-15-12-33-21(25-15)14-6-7-14/h11-14,16,18-19,30H,4-10H2,1-3H3,(H,24,31)/t16?,18?,19-/m1/s1. The zero-order valence-corrected chi connectivity index (χ0v) is 20.2. The van der Waals surface area contributed by atoms with E-state index in [9.17, 15) is 14.7 Å². The van der Waals surface area contributed by atoms with Gasteiger partial charge in [0, 0.05) is 36.4 Å². The molecule has 2 aromatic rings. The first-order chi connectivity index (χ1) is 15.7. The predicted molar refractivity (Wildman–Crippen MR) is 123 cm³/mol. The van der Waals surface area contributed by atoms with Crippen LogP contribution in [0, 0.1) is 5.41 Å². The minimum Gasteiger partial charge on any atom is -0.391 e. The molecule has 2 aromatic heterocycles. The maximum absolute atomic E-state index is 13.7. The zero-order chi connectivity index (χ0) is 23.3. The van der Waals surface area contributed by atoms with Gasteiger partial charge < -0.3 is 15.3 Å². The number of hydrogen-bond donors (Lipinski definition) is 2. The molecular weight excluding hydrogens is 440 g/mol. The largest absolute Gasteiger partial charge is 0.391 e. The van der Waals surface area contributed by atoms with Gasteiger partial charge in [-0.15, -0.1) is 16.4 Å². The average molecular weight is 473 g/mol. The van der Waals surface area contributed by atoms with Crippen molar-refractivity contribution in [3.8, 4) is 0 Å². The van der Waals surface area contributed by atoms with Crippen LogP contribution in [0.4, 0.5) is 0 Å². The van der Waals surface area contributed by atoms with E-state index in [4.69, 9.17) is 0 Å². The molecule has 3 atom stereocenters. The van der Waals surface area contributed by atoms with Gasteiger partial charge in [0.2, 0.25) is 11.8 Å². The topological polar surface area (TPSA) is 113 Å². The lowest BCUT2D eigenvalue weighted by Gasteiger charge is -2.34. The lowest BCUT2D eigenvalue weighted by Crippen LogP contribution is -2.50. The first kappa shape index (κ1) is 22.5. The lowest BCUT2D eigenvalue weighted by molar-refractivity contribution is -0.144. The number of hydrogen-bond acceptors (Lipinski definition) is 7. The minimum absolute atomic E-state index is 0.135. The Morgan fingerprint density at radius 3 is 2.64 bits per heavy atom. The highest BCUT2D eigenvalue weighted by Gasteiger charge is 2.45. The van der Waals surface area contributed by atoms with Crippen LogP contribution in [0.15, 0.2) is 11.6 Å². The van der Waals surface area contributed by atoms with Crippen molar-refractivity contribution < 1.29 is 14.7 Å². The van der Waals surface area contributed by atoms with Gasteiger partial charge in [-0.05, 0) is 31.1 Å². The highest BCUT2D eigenvalue weighted by atomic mass is 32.1. The van der Waals surface area contributed by atoms with Crippen LogP contribution in [-0.4, -0.2) is 60.5 Å². The number of nitrogens with zero attached hydrogens (tertiary/aromatic N) is 5. The van der Waals surface area contributed by atoms with E-state index < -0.39 is 23.6 Å². The van der Waals surface area contributed by atoms with Gasteiger partial charge in [0.25, 0.3) is 0 Å². The van der Waals surface area contributed by atoms with E-state index in [-0.39, 0.29) is 24.8 Å². The summed E-state index contributed by atoms with van der Waals surface area (Å²) in [6, 6.07) is -1.33. The van der Waals surface area contributed by atoms with Crippen molar-refractivity contribution in [3.05, 3.63) is 28.0 Å². The molecule has 0 bridgehead atoms. The van der Waals surface area contributed by atoms with E-state index in [0.29, 0.717) is 18.4 Å². The van der Waals surface area contributed by atoms with Crippen LogP contribution in [0.5, 0.6) is 0 Å². The molecule has 2 amide bonds. The first-order valence-electron chi connectivity index (χ1n) is 11.8. The average Bonchev–Trinajstić information content (AvgIpc) is 3.65. The maximum Gasteiger partial charge on any atom is 0.248 e. The van der Waals surface area contributed by atoms with Crippen molar-refractivity contribution in [1.29, 1.82) is 0 Å². The third-order valence-corrected chi connectivity index (χ3v) is 7.70. The molecule has 2 unspecified atom stereocenters.